The van der Waals surface area contributed by atoms with Gasteiger partial charge in [-0.2, -0.15) is 0 Å². The first-order chi connectivity index (χ1) is 9.92. The molecule has 2 aromatic rings. The third kappa shape index (κ3) is 3.37. The molecule has 21 heavy (non-hydrogen) atoms. The SMILES string of the molecule is COC(=O)c1cc(Nc2cc(Cl)c(C)cc2Cl)ncc1N. The number of nitrogen functional groups attached to an aromatic ring is 1. The van der Waals surface area contributed by atoms with Crippen molar-refractivity contribution in [1.82, 2.24) is 4.98 Å². The number of halogens is 2. The van der Waals surface area contributed by atoms with E-state index in [9.17, 15) is 4.79 Å². The van der Waals surface area contributed by atoms with E-state index in [1.807, 2.05) is 6.92 Å². The Hall–Kier alpha value is -1.98. The summed E-state index contributed by atoms with van der Waals surface area (Å²) < 4.78 is 4.66. The van der Waals surface area contributed by atoms with Gasteiger partial charge in [-0.15, -0.1) is 0 Å². The zero-order chi connectivity index (χ0) is 15.6. The number of carbonyl (C=O) groups is 1. The molecule has 1 heterocycles. The van der Waals surface area contributed by atoms with Gasteiger partial charge in [0.15, 0.2) is 0 Å². The molecule has 1 aromatic heterocycles. The van der Waals surface area contributed by atoms with Gasteiger partial charge in [0, 0.05) is 5.02 Å². The van der Waals surface area contributed by atoms with Crippen LogP contribution >= 0.6 is 23.2 Å². The number of pyridine rings is 1. The number of anilines is 3. The standard InChI is InChI=1S/C14H13Cl2N3O2/c1-7-3-10(16)12(5-9(7)15)19-13-4-8(14(20)21-2)11(17)6-18-13/h3-6H,17H2,1-2H3,(H,18,19). The Balaban J connectivity index is 2.36. The zero-order valence-electron chi connectivity index (χ0n) is 11.4. The van der Waals surface area contributed by atoms with E-state index in [0.29, 0.717) is 21.6 Å². The number of aryl methyl sites for hydroxylation is 1. The van der Waals surface area contributed by atoms with Crippen molar-refractivity contribution in [3.8, 4) is 0 Å². The summed E-state index contributed by atoms with van der Waals surface area (Å²) in [7, 11) is 1.28. The molecule has 0 atom stereocenters. The molecule has 0 amide bonds. The number of nitrogens with two attached hydrogens (primary N) is 1. The van der Waals surface area contributed by atoms with Gasteiger partial charge in [0.25, 0.3) is 0 Å². The minimum Gasteiger partial charge on any atom is -0.465 e. The fraction of sp³-hybridized carbons (Fsp3) is 0.143. The van der Waals surface area contributed by atoms with E-state index in [-0.39, 0.29) is 11.3 Å². The summed E-state index contributed by atoms with van der Waals surface area (Å²) in [6.45, 7) is 1.86. The third-order valence-electron chi connectivity index (χ3n) is 2.85. The van der Waals surface area contributed by atoms with Crippen molar-refractivity contribution in [2.45, 2.75) is 6.92 Å². The Morgan fingerprint density at radius 2 is 2.00 bits per heavy atom. The second-order valence-electron chi connectivity index (χ2n) is 4.35. The molecular weight excluding hydrogens is 313 g/mol. The number of nitrogens with zero attached hydrogens (tertiary/aromatic N) is 1. The number of aromatic nitrogens is 1. The average molecular weight is 326 g/mol. The molecule has 0 bridgehead atoms. The van der Waals surface area contributed by atoms with Gasteiger partial charge < -0.3 is 15.8 Å². The number of carbonyl (C=O) groups excluding carboxylic acids is 1. The summed E-state index contributed by atoms with van der Waals surface area (Å²) in [6, 6.07) is 4.92. The van der Waals surface area contributed by atoms with Crippen LogP contribution < -0.4 is 11.1 Å². The van der Waals surface area contributed by atoms with Crippen LogP contribution in [0, 0.1) is 6.92 Å². The Morgan fingerprint density at radius 3 is 2.67 bits per heavy atom. The maximum Gasteiger partial charge on any atom is 0.340 e. The predicted octanol–water partition coefficient (Wildman–Crippen LogP) is 3.81. The van der Waals surface area contributed by atoms with E-state index in [1.54, 1.807) is 12.1 Å². The molecular formula is C14H13Cl2N3O2. The predicted molar refractivity (Wildman–Crippen MR) is 84.5 cm³/mol. The van der Waals surface area contributed by atoms with E-state index < -0.39 is 5.97 Å². The topological polar surface area (TPSA) is 77.2 Å². The zero-order valence-corrected chi connectivity index (χ0v) is 12.9. The lowest BCUT2D eigenvalue weighted by Crippen LogP contribution is -2.07. The number of methoxy groups -OCH3 is 1. The summed E-state index contributed by atoms with van der Waals surface area (Å²) in [5.74, 6) is -0.127. The number of esters is 1. The molecule has 0 fully saturated rings. The molecule has 7 heteroatoms. The highest BCUT2D eigenvalue weighted by atomic mass is 35.5. The lowest BCUT2D eigenvalue weighted by atomic mass is 10.2. The minimum absolute atomic E-state index is 0.226. The molecule has 110 valence electrons. The first kappa shape index (κ1) is 15.4. The lowest BCUT2D eigenvalue weighted by Gasteiger charge is -2.11. The van der Waals surface area contributed by atoms with Crippen LogP contribution in [0.15, 0.2) is 24.4 Å². The van der Waals surface area contributed by atoms with Gasteiger partial charge in [-0.1, -0.05) is 23.2 Å². The molecule has 0 saturated heterocycles. The van der Waals surface area contributed by atoms with Crippen molar-refractivity contribution in [2.75, 3.05) is 18.2 Å². The number of hydrogen-bond acceptors (Lipinski definition) is 5. The number of ether oxygens (including phenoxy) is 1. The van der Waals surface area contributed by atoms with Gasteiger partial charge in [0.2, 0.25) is 0 Å². The Labute approximate surface area is 132 Å². The van der Waals surface area contributed by atoms with Crippen LogP contribution in [0.3, 0.4) is 0 Å². The normalized spacial score (nSPS) is 10.3. The Bertz CT molecular complexity index is 705. The maximum absolute atomic E-state index is 11.6. The summed E-state index contributed by atoms with van der Waals surface area (Å²) in [4.78, 5) is 15.7. The van der Waals surface area contributed by atoms with Crippen LogP contribution in [0.5, 0.6) is 0 Å². The lowest BCUT2D eigenvalue weighted by molar-refractivity contribution is 0.0602. The summed E-state index contributed by atoms with van der Waals surface area (Å²) in [6.07, 6.45) is 1.37. The molecule has 3 N–H and O–H groups in total. The largest absolute Gasteiger partial charge is 0.465 e. The van der Waals surface area contributed by atoms with Crippen molar-refractivity contribution in [2.24, 2.45) is 0 Å². The molecule has 0 unspecified atom stereocenters. The van der Waals surface area contributed by atoms with E-state index in [0.717, 1.165) is 5.56 Å². The fourth-order valence-electron chi connectivity index (χ4n) is 1.70. The van der Waals surface area contributed by atoms with Crippen molar-refractivity contribution in [3.05, 3.63) is 45.6 Å². The second-order valence-corrected chi connectivity index (χ2v) is 5.17. The minimum atomic E-state index is -0.536. The molecule has 0 spiro atoms. The van der Waals surface area contributed by atoms with Crippen LogP contribution in [0.25, 0.3) is 0 Å². The fourth-order valence-corrected chi connectivity index (χ4v) is 2.13. The number of nitrogens with one attached hydrogen (secondary N) is 1. The summed E-state index contributed by atoms with van der Waals surface area (Å²) >= 11 is 12.2. The average Bonchev–Trinajstić information content (AvgIpc) is 2.45. The molecule has 0 saturated carbocycles. The molecule has 0 radical (unpaired) electrons. The molecule has 0 aliphatic heterocycles. The van der Waals surface area contributed by atoms with Crippen LogP contribution in [0.2, 0.25) is 10.0 Å². The van der Waals surface area contributed by atoms with E-state index in [2.05, 4.69) is 15.0 Å². The van der Waals surface area contributed by atoms with Crippen LogP contribution in [-0.4, -0.2) is 18.1 Å². The smallest absolute Gasteiger partial charge is 0.340 e. The summed E-state index contributed by atoms with van der Waals surface area (Å²) in [5.41, 5.74) is 7.61. The van der Waals surface area contributed by atoms with Gasteiger partial charge in [0.1, 0.15) is 5.82 Å². The van der Waals surface area contributed by atoms with Gasteiger partial charge in [0.05, 0.1) is 35.3 Å². The van der Waals surface area contributed by atoms with Gasteiger partial charge in [-0.25, -0.2) is 9.78 Å². The van der Waals surface area contributed by atoms with Crippen LogP contribution in [-0.2, 0) is 4.74 Å². The number of benzene rings is 1. The Kier molecular flexibility index (Phi) is 4.55. The Morgan fingerprint density at radius 1 is 1.29 bits per heavy atom. The van der Waals surface area contributed by atoms with Crippen molar-refractivity contribution in [1.29, 1.82) is 0 Å². The van der Waals surface area contributed by atoms with Crippen molar-refractivity contribution >= 4 is 46.4 Å². The van der Waals surface area contributed by atoms with E-state index in [4.69, 9.17) is 28.9 Å². The molecule has 0 aliphatic carbocycles. The van der Waals surface area contributed by atoms with Crippen LogP contribution in [0.1, 0.15) is 15.9 Å². The van der Waals surface area contributed by atoms with Gasteiger partial charge >= 0.3 is 5.97 Å². The third-order valence-corrected chi connectivity index (χ3v) is 3.57. The highest BCUT2D eigenvalue weighted by Gasteiger charge is 2.13. The van der Waals surface area contributed by atoms with Gasteiger partial charge in [-0.3, -0.25) is 0 Å². The molecule has 1 aromatic carbocycles. The van der Waals surface area contributed by atoms with Crippen molar-refractivity contribution < 1.29 is 9.53 Å². The molecule has 0 aliphatic rings. The first-order valence-corrected chi connectivity index (χ1v) is 6.74. The maximum atomic E-state index is 11.6. The highest BCUT2D eigenvalue weighted by molar-refractivity contribution is 6.35. The number of hydrogen-bond donors (Lipinski definition) is 2. The first-order valence-electron chi connectivity index (χ1n) is 5.99. The monoisotopic (exact) mass is 325 g/mol. The number of rotatable bonds is 3. The van der Waals surface area contributed by atoms with Crippen molar-refractivity contribution in [3.63, 3.8) is 0 Å². The second kappa shape index (κ2) is 6.20. The van der Waals surface area contributed by atoms with Gasteiger partial charge in [-0.05, 0) is 30.7 Å². The highest BCUT2D eigenvalue weighted by Crippen LogP contribution is 2.31. The quantitative estimate of drug-likeness (QED) is 0.839. The summed E-state index contributed by atoms with van der Waals surface area (Å²) in [5, 5.41) is 4.07. The molecule has 2 rings (SSSR count). The van der Waals surface area contributed by atoms with E-state index in [1.165, 1.54) is 19.4 Å². The van der Waals surface area contributed by atoms with E-state index >= 15 is 0 Å². The van der Waals surface area contributed by atoms with Crippen LogP contribution in [0.4, 0.5) is 17.2 Å². The molecule has 5 nitrogen and oxygen atoms in total.